The van der Waals surface area contributed by atoms with Gasteiger partial charge in [0.1, 0.15) is 12.6 Å². The lowest BCUT2D eigenvalue weighted by atomic mass is 9.90. The van der Waals surface area contributed by atoms with Gasteiger partial charge in [-0.15, -0.1) is 0 Å². The van der Waals surface area contributed by atoms with E-state index in [2.05, 4.69) is 0 Å². The van der Waals surface area contributed by atoms with Crippen LogP contribution in [0.2, 0.25) is 0 Å². The summed E-state index contributed by atoms with van der Waals surface area (Å²) in [5.74, 6) is -0.173. The zero-order valence-electron chi connectivity index (χ0n) is 19.6. The van der Waals surface area contributed by atoms with Crippen LogP contribution in [0, 0.1) is 5.41 Å². The summed E-state index contributed by atoms with van der Waals surface area (Å²) in [7, 11) is 0. The molecule has 34 heavy (non-hydrogen) atoms. The molecule has 1 unspecified atom stereocenters. The second kappa shape index (κ2) is 9.19. The summed E-state index contributed by atoms with van der Waals surface area (Å²) in [5, 5.41) is 10.4. The Morgan fingerprint density at radius 2 is 1.94 bits per heavy atom. The maximum Gasteiger partial charge on any atom is 0.410 e. The lowest BCUT2D eigenvalue weighted by Crippen LogP contribution is -2.62. The minimum atomic E-state index is -0.661. The number of nitrogens with zero attached hydrogens (tertiary/aromatic N) is 3. The maximum absolute atomic E-state index is 13.1. The van der Waals surface area contributed by atoms with E-state index in [-0.39, 0.29) is 36.4 Å². The van der Waals surface area contributed by atoms with E-state index in [0.717, 1.165) is 24.8 Å². The van der Waals surface area contributed by atoms with E-state index in [1.54, 1.807) is 16.7 Å². The fraction of sp³-hybridized carbons (Fsp3) is 0.640. The molecule has 1 aromatic carbocycles. The zero-order chi connectivity index (χ0) is 23.9. The molecular weight excluding hydrogens is 438 g/mol. The van der Waals surface area contributed by atoms with E-state index in [1.807, 2.05) is 30.3 Å². The predicted molar refractivity (Wildman–Crippen MR) is 121 cm³/mol. The average molecular weight is 472 g/mol. The van der Waals surface area contributed by atoms with Gasteiger partial charge < -0.3 is 24.4 Å². The van der Waals surface area contributed by atoms with Crippen molar-refractivity contribution in [2.75, 3.05) is 26.2 Å². The van der Waals surface area contributed by atoms with E-state index in [9.17, 15) is 19.5 Å². The van der Waals surface area contributed by atoms with Crippen LogP contribution in [-0.4, -0.2) is 88.4 Å². The first-order chi connectivity index (χ1) is 16.4. The van der Waals surface area contributed by atoms with Crippen LogP contribution < -0.4 is 0 Å². The topological polar surface area (TPSA) is 99.6 Å². The molecule has 4 aliphatic rings. The van der Waals surface area contributed by atoms with Gasteiger partial charge >= 0.3 is 6.09 Å². The zero-order valence-corrected chi connectivity index (χ0v) is 19.6. The number of hydrogen-bond acceptors (Lipinski definition) is 6. The van der Waals surface area contributed by atoms with Crippen LogP contribution in [0.4, 0.5) is 4.79 Å². The first kappa shape index (κ1) is 23.1. The van der Waals surface area contributed by atoms with Gasteiger partial charge in [0.05, 0.1) is 25.3 Å². The van der Waals surface area contributed by atoms with E-state index >= 15 is 0 Å². The second-order valence-corrected chi connectivity index (χ2v) is 10.1. The highest BCUT2D eigenvalue weighted by atomic mass is 16.6. The highest BCUT2D eigenvalue weighted by Gasteiger charge is 2.52. The van der Waals surface area contributed by atoms with Crippen molar-refractivity contribution in [2.24, 2.45) is 5.41 Å². The van der Waals surface area contributed by atoms with E-state index < -0.39 is 24.5 Å². The van der Waals surface area contributed by atoms with Crippen molar-refractivity contribution < 1.29 is 29.0 Å². The summed E-state index contributed by atoms with van der Waals surface area (Å²) < 4.78 is 11.3. The Hall–Kier alpha value is -2.65. The average Bonchev–Trinajstić information content (AvgIpc) is 3.51. The molecule has 1 aromatic rings. The third-order valence-corrected chi connectivity index (χ3v) is 7.97. The summed E-state index contributed by atoms with van der Waals surface area (Å²) in [6, 6.07) is 8.54. The van der Waals surface area contributed by atoms with Crippen LogP contribution in [-0.2, 0) is 25.7 Å². The van der Waals surface area contributed by atoms with Crippen LogP contribution in [0.1, 0.15) is 44.6 Å². The fourth-order valence-corrected chi connectivity index (χ4v) is 5.45. The molecule has 3 heterocycles. The van der Waals surface area contributed by atoms with E-state index in [1.165, 1.54) is 4.90 Å². The number of β-amino-alcohol motifs (C(OH)–C–C–N with tert-alkyl or cyclic N) is 1. The van der Waals surface area contributed by atoms with Gasteiger partial charge in [-0.05, 0) is 43.6 Å². The third kappa shape index (κ3) is 4.38. The van der Waals surface area contributed by atoms with Gasteiger partial charge in [-0.3, -0.25) is 14.5 Å². The minimum Gasteiger partial charge on any atom is -0.445 e. The van der Waals surface area contributed by atoms with Crippen molar-refractivity contribution in [2.45, 2.75) is 70.1 Å². The van der Waals surface area contributed by atoms with Crippen LogP contribution in [0.5, 0.6) is 0 Å². The van der Waals surface area contributed by atoms with Crippen LogP contribution >= 0.6 is 0 Å². The number of carbonyl (C=O) groups excluding carboxylic acids is 3. The van der Waals surface area contributed by atoms with Gasteiger partial charge in [0, 0.05) is 19.5 Å². The third-order valence-electron chi connectivity index (χ3n) is 7.97. The van der Waals surface area contributed by atoms with Crippen LogP contribution in [0.15, 0.2) is 30.3 Å². The Balaban J connectivity index is 1.13. The Labute approximate surface area is 199 Å². The van der Waals surface area contributed by atoms with Crippen molar-refractivity contribution in [3.8, 4) is 0 Å². The monoisotopic (exact) mass is 471 g/mol. The number of piperidine rings is 1. The van der Waals surface area contributed by atoms with E-state index in [4.69, 9.17) is 9.47 Å². The van der Waals surface area contributed by atoms with Gasteiger partial charge in [0.15, 0.2) is 6.23 Å². The standard InChI is InChI=1S/C25H33N3O6/c1-17-23(31)28-19(7-8-21(30)26-12-11-25(9-10-25)20(29)13-26)16-33-22(28)14-27(17)24(32)34-15-18-5-3-2-4-6-18/h2-6,17,19-20,22,29H,7-16H2,1H3/t17-,19-,20?,22+/m0/s1. The van der Waals surface area contributed by atoms with Gasteiger partial charge in [-0.1, -0.05) is 30.3 Å². The molecule has 1 spiro atoms. The number of amides is 3. The molecule has 3 saturated heterocycles. The van der Waals surface area contributed by atoms with Crippen LogP contribution in [0.25, 0.3) is 0 Å². The Morgan fingerprint density at radius 1 is 1.18 bits per heavy atom. The van der Waals surface area contributed by atoms with Crippen molar-refractivity contribution in [3.05, 3.63) is 35.9 Å². The molecule has 0 radical (unpaired) electrons. The number of aliphatic hydroxyl groups excluding tert-OH is 1. The number of piperazine rings is 1. The van der Waals surface area contributed by atoms with Crippen molar-refractivity contribution in [3.63, 3.8) is 0 Å². The molecule has 0 bridgehead atoms. The number of benzene rings is 1. The lowest BCUT2D eigenvalue weighted by molar-refractivity contribution is -0.152. The number of hydrogen-bond donors (Lipinski definition) is 1. The summed E-state index contributed by atoms with van der Waals surface area (Å²) in [5.41, 5.74) is 0.942. The molecular formula is C25H33N3O6. The molecule has 184 valence electrons. The molecule has 3 amide bonds. The summed E-state index contributed by atoms with van der Waals surface area (Å²) in [6.07, 6.45) is 2.30. The smallest absolute Gasteiger partial charge is 0.410 e. The summed E-state index contributed by atoms with van der Waals surface area (Å²) in [4.78, 5) is 43.5. The maximum atomic E-state index is 13.1. The quantitative estimate of drug-likeness (QED) is 0.702. The summed E-state index contributed by atoms with van der Waals surface area (Å²) in [6.45, 7) is 3.53. The number of likely N-dealkylation sites (tertiary alicyclic amines) is 1. The molecule has 1 aliphatic carbocycles. The molecule has 9 nitrogen and oxygen atoms in total. The fourth-order valence-electron chi connectivity index (χ4n) is 5.45. The van der Waals surface area contributed by atoms with Crippen molar-refractivity contribution in [1.29, 1.82) is 0 Å². The highest BCUT2D eigenvalue weighted by molar-refractivity contribution is 5.87. The number of aliphatic hydroxyl groups is 1. The van der Waals surface area contributed by atoms with Crippen molar-refractivity contribution in [1.82, 2.24) is 14.7 Å². The van der Waals surface area contributed by atoms with Crippen LogP contribution in [0.3, 0.4) is 0 Å². The second-order valence-electron chi connectivity index (χ2n) is 10.1. The van der Waals surface area contributed by atoms with E-state index in [0.29, 0.717) is 32.5 Å². The Bertz CT molecular complexity index is 936. The number of ether oxygens (including phenoxy) is 2. The minimum absolute atomic E-state index is 0.0154. The number of carbonyl (C=O) groups is 3. The Morgan fingerprint density at radius 3 is 2.65 bits per heavy atom. The van der Waals surface area contributed by atoms with Gasteiger partial charge in [-0.2, -0.15) is 0 Å². The molecule has 1 saturated carbocycles. The SMILES string of the molecule is C[C@H]1C(=O)N2[C@@H](CCC(=O)N3CCC4(CC4)C(O)C3)CO[C@@H]2CN1C(=O)OCc1ccccc1. The molecule has 4 atom stereocenters. The number of fused-ring (bicyclic) bond motifs is 1. The highest BCUT2D eigenvalue weighted by Crippen LogP contribution is 2.53. The first-order valence-electron chi connectivity index (χ1n) is 12.2. The van der Waals surface area contributed by atoms with Gasteiger partial charge in [-0.25, -0.2) is 4.79 Å². The summed E-state index contributed by atoms with van der Waals surface area (Å²) >= 11 is 0. The van der Waals surface area contributed by atoms with Gasteiger partial charge in [0.2, 0.25) is 11.8 Å². The Kier molecular flexibility index (Phi) is 6.24. The van der Waals surface area contributed by atoms with Gasteiger partial charge in [0.25, 0.3) is 0 Å². The first-order valence-corrected chi connectivity index (χ1v) is 12.2. The molecule has 4 fully saturated rings. The normalized spacial score (nSPS) is 29.8. The molecule has 0 aromatic heterocycles. The van der Waals surface area contributed by atoms with Crippen molar-refractivity contribution >= 4 is 17.9 Å². The largest absolute Gasteiger partial charge is 0.445 e. The molecule has 9 heteroatoms. The lowest BCUT2D eigenvalue weighted by Gasteiger charge is -2.41. The number of rotatable bonds is 5. The molecule has 3 aliphatic heterocycles. The molecule has 1 N–H and O–H groups in total. The molecule has 5 rings (SSSR count). The predicted octanol–water partition coefficient (Wildman–Crippen LogP) is 1.73.